The summed E-state index contributed by atoms with van der Waals surface area (Å²) in [5, 5.41) is 10.4. The first-order chi connectivity index (χ1) is 17.5. The summed E-state index contributed by atoms with van der Waals surface area (Å²) in [6.07, 6.45) is 5.93. The van der Waals surface area contributed by atoms with Crippen molar-refractivity contribution in [1.29, 1.82) is 5.26 Å². The fourth-order valence-corrected chi connectivity index (χ4v) is 5.76. The van der Waals surface area contributed by atoms with E-state index in [4.69, 9.17) is 9.97 Å². The van der Waals surface area contributed by atoms with Gasteiger partial charge in [-0.05, 0) is 74.2 Å². The van der Waals surface area contributed by atoms with E-state index in [0.29, 0.717) is 33.7 Å². The molecule has 9 heteroatoms. The van der Waals surface area contributed by atoms with Crippen molar-refractivity contribution in [3.05, 3.63) is 64.5 Å². The summed E-state index contributed by atoms with van der Waals surface area (Å²) >= 11 is 1.31. The molecule has 36 heavy (non-hydrogen) atoms. The first-order valence-electron chi connectivity index (χ1n) is 12.1. The molecule has 0 amide bonds. The van der Waals surface area contributed by atoms with Gasteiger partial charge in [-0.3, -0.25) is 9.30 Å². The summed E-state index contributed by atoms with van der Waals surface area (Å²) in [4.78, 5) is 25.2. The quantitative estimate of drug-likeness (QED) is 0.324. The Kier molecular flexibility index (Phi) is 6.81. The molecule has 1 aliphatic rings. The largest absolute Gasteiger partial charge is 0.305 e. The van der Waals surface area contributed by atoms with Crippen molar-refractivity contribution >= 4 is 34.2 Å². The summed E-state index contributed by atoms with van der Waals surface area (Å²) in [5.41, 5.74) is 4.34. The number of fused-ring (bicyclic) bond motifs is 1. The highest BCUT2D eigenvalue weighted by molar-refractivity contribution is 7.16. The van der Waals surface area contributed by atoms with E-state index in [1.807, 2.05) is 11.9 Å². The highest BCUT2D eigenvalue weighted by Crippen LogP contribution is 2.37. The molecule has 0 N–H and O–H groups in total. The van der Waals surface area contributed by atoms with Crippen LogP contribution in [0.3, 0.4) is 0 Å². The van der Waals surface area contributed by atoms with Crippen LogP contribution in [0.15, 0.2) is 42.6 Å². The molecule has 0 unspecified atom stereocenters. The van der Waals surface area contributed by atoms with Crippen LogP contribution in [0, 0.1) is 17.1 Å². The van der Waals surface area contributed by atoms with Crippen LogP contribution in [0.2, 0.25) is 0 Å². The Hall–Kier alpha value is -3.61. The van der Waals surface area contributed by atoms with E-state index in [1.165, 1.54) is 29.0 Å². The minimum absolute atomic E-state index is 0.326. The summed E-state index contributed by atoms with van der Waals surface area (Å²) < 4.78 is 15.6. The van der Waals surface area contributed by atoms with Crippen LogP contribution in [-0.2, 0) is 11.2 Å². The van der Waals surface area contributed by atoms with Crippen molar-refractivity contribution in [2.24, 2.45) is 0 Å². The molecule has 1 fully saturated rings. The Morgan fingerprint density at radius 2 is 1.94 bits per heavy atom. The maximum absolute atomic E-state index is 13.4. The Labute approximate surface area is 213 Å². The van der Waals surface area contributed by atoms with Gasteiger partial charge in [0.2, 0.25) is 0 Å². The van der Waals surface area contributed by atoms with Gasteiger partial charge in [0.25, 0.3) is 0 Å². The lowest BCUT2D eigenvalue weighted by Crippen LogP contribution is -2.34. The minimum atomic E-state index is -0.326. The number of likely N-dealkylation sites (tertiary alicyclic amines) is 1. The highest BCUT2D eigenvalue weighted by atomic mass is 32.1. The van der Waals surface area contributed by atoms with Gasteiger partial charge in [-0.1, -0.05) is 24.3 Å². The molecule has 1 aliphatic heterocycles. The molecule has 5 rings (SSSR count). The molecule has 0 aliphatic carbocycles. The number of aryl methyl sites for hydroxylation is 1. The van der Waals surface area contributed by atoms with E-state index in [0.717, 1.165) is 55.8 Å². The zero-order chi connectivity index (χ0) is 25.2. The molecule has 0 atom stereocenters. The first-order valence-corrected chi connectivity index (χ1v) is 12.9. The van der Waals surface area contributed by atoms with Gasteiger partial charge < -0.3 is 9.69 Å². The van der Waals surface area contributed by atoms with Crippen molar-refractivity contribution in [3.8, 4) is 17.3 Å². The van der Waals surface area contributed by atoms with Gasteiger partial charge in [-0.15, -0.1) is 0 Å². The van der Waals surface area contributed by atoms with Crippen molar-refractivity contribution in [3.63, 3.8) is 0 Å². The maximum atomic E-state index is 13.4. The van der Waals surface area contributed by atoms with Crippen LogP contribution in [-0.4, -0.2) is 52.2 Å². The number of carbonyl (C=O) groups excluding carboxylic acids is 1. The highest BCUT2D eigenvalue weighted by Gasteiger charge is 2.24. The third kappa shape index (κ3) is 4.50. The number of benzene rings is 1. The number of halogens is 1. The Balaban J connectivity index is 1.51. The molecule has 1 aromatic carbocycles. The molecule has 4 aromatic rings. The summed E-state index contributed by atoms with van der Waals surface area (Å²) in [6, 6.07) is 12.5. The van der Waals surface area contributed by atoms with Crippen LogP contribution >= 0.6 is 11.3 Å². The van der Waals surface area contributed by atoms with E-state index >= 15 is 0 Å². The number of piperidine rings is 1. The lowest BCUT2D eigenvalue weighted by atomic mass is 9.90. The van der Waals surface area contributed by atoms with Crippen molar-refractivity contribution < 1.29 is 9.18 Å². The Morgan fingerprint density at radius 1 is 1.19 bits per heavy atom. The lowest BCUT2D eigenvalue weighted by molar-refractivity contribution is -0.109. The Morgan fingerprint density at radius 3 is 2.61 bits per heavy atom. The monoisotopic (exact) mass is 502 g/mol. The summed E-state index contributed by atoms with van der Waals surface area (Å²) in [6.45, 7) is 4.41. The predicted molar refractivity (Wildman–Crippen MR) is 139 cm³/mol. The molecule has 7 nitrogen and oxygen atoms in total. The summed E-state index contributed by atoms with van der Waals surface area (Å²) in [7, 11) is 1.95. The van der Waals surface area contributed by atoms with E-state index < -0.39 is 0 Å². The standard InChI is InChI=1S/C27H27FN6OS/c1-3-22-26(32(2)27-31-25(23(16-29)36-27)19-4-7-21(28)8-5-19)34-17-20(6-9-24(34)30-22)18-10-12-33(13-11-18)14-15-35/h4-9,15,17-18H,3,10-14H2,1-2H3. The number of carbonyl (C=O) groups is 1. The molecule has 0 bridgehead atoms. The van der Waals surface area contributed by atoms with Crippen LogP contribution < -0.4 is 4.90 Å². The topological polar surface area (TPSA) is 77.5 Å². The van der Waals surface area contributed by atoms with E-state index in [-0.39, 0.29) is 5.82 Å². The average molecular weight is 503 g/mol. The molecule has 1 saturated heterocycles. The molecule has 184 valence electrons. The number of hydrogen-bond donors (Lipinski definition) is 0. The smallest absolute Gasteiger partial charge is 0.192 e. The molecule has 0 saturated carbocycles. The fraction of sp³-hybridized carbons (Fsp3) is 0.333. The van der Waals surface area contributed by atoms with Crippen molar-refractivity contribution in [1.82, 2.24) is 19.3 Å². The SMILES string of the molecule is CCc1nc2ccc(C3CCN(CC=O)CC3)cn2c1N(C)c1nc(-c2ccc(F)cc2)c(C#N)s1. The number of nitriles is 1. The van der Waals surface area contributed by atoms with Gasteiger partial charge in [0.1, 0.15) is 40.2 Å². The second-order valence-corrected chi connectivity index (χ2v) is 10.00. The van der Waals surface area contributed by atoms with Gasteiger partial charge in [0.15, 0.2) is 5.13 Å². The molecule has 4 heterocycles. The maximum Gasteiger partial charge on any atom is 0.192 e. The first kappa shape index (κ1) is 24.1. The van der Waals surface area contributed by atoms with Crippen molar-refractivity contribution in [2.45, 2.75) is 32.1 Å². The number of nitrogens with zero attached hydrogens (tertiary/aromatic N) is 6. The lowest BCUT2D eigenvalue weighted by Gasteiger charge is -2.30. The number of aromatic nitrogens is 3. The van der Waals surface area contributed by atoms with Gasteiger partial charge in [0, 0.05) is 18.8 Å². The third-order valence-electron chi connectivity index (χ3n) is 6.85. The van der Waals surface area contributed by atoms with Gasteiger partial charge in [-0.25, -0.2) is 14.4 Å². The summed E-state index contributed by atoms with van der Waals surface area (Å²) in [5.74, 6) is 1.03. The molecule has 0 spiro atoms. The predicted octanol–water partition coefficient (Wildman–Crippen LogP) is 5.18. The number of pyridine rings is 1. The molecule has 3 aromatic heterocycles. The zero-order valence-corrected chi connectivity index (χ0v) is 21.1. The van der Waals surface area contributed by atoms with Crippen molar-refractivity contribution in [2.75, 3.05) is 31.6 Å². The number of rotatable bonds is 7. The van der Waals surface area contributed by atoms with Gasteiger partial charge in [0.05, 0.1) is 12.2 Å². The fourth-order valence-electron chi connectivity index (χ4n) is 4.91. The number of hydrogen-bond acceptors (Lipinski definition) is 7. The number of imidazole rings is 1. The number of thiazole rings is 1. The molecular formula is C27H27FN6OS. The van der Waals surface area contributed by atoms with Crippen LogP contribution in [0.4, 0.5) is 15.3 Å². The molecular weight excluding hydrogens is 475 g/mol. The van der Waals surface area contributed by atoms with Crippen LogP contribution in [0.1, 0.15) is 41.8 Å². The normalized spacial score (nSPS) is 14.7. The minimum Gasteiger partial charge on any atom is -0.305 e. The Bertz CT molecular complexity index is 1430. The van der Waals surface area contributed by atoms with E-state index in [9.17, 15) is 14.4 Å². The number of anilines is 2. The molecule has 0 radical (unpaired) electrons. The van der Waals surface area contributed by atoms with Crippen LogP contribution in [0.5, 0.6) is 0 Å². The van der Waals surface area contributed by atoms with E-state index in [2.05, 4.69) is 40.6 Å². The zero-order valence-electron chi connectivity index (χ0n) is 20.3. The van der Waals surface area contributed by atoms with Gasteiger partial charge in [-0.2, -0.15) is 5.26 Å². The van der Waals surface area contributed by atoms with Gasteiger partial charge >= 0.3 is 0 Å². The third-order valence-corrected chi connectivity index (χ3v) is 7.89. The van der Waals surface area contributed by atoms with E-state index in [1.54, 1.807) is 12.1 Å². The number of aldehydes is 1. The van der Waals surface area contributed by atoms with Crippen LogP contribution in [0.25, 0.3) is 16.9 Å². The second kappa shape index (κ2) is 10.2. The second-order valence-electron chi connectivity index (χ2n) is 9.02. The average Bonchev–Trinajstić information content (AvgIpc) is 3.50.